The molecule has 4 nitrogen and oxygen atoms in total. The maximum absolute atomic E-state index is 11.1. The van der Waals surface area contributed by atoms with Gasteiger partial charge in [-0.1, -0.05) is 13.2 Å². The van der Waals surface area contributed by atoms with Crippen molar-refractivity contribution in [3.8, 4) is 0 Å². The molecule has 0 aliphatic carbocycles. The summed E-state index contributed by atoms with van der Waals surface area (Å²) in [6, 6.07) is 0. The highest BCUT2D eigenvalue weighted by Gasteiger charge is 2.14. The van der Waals surface area contributed by atoms with Crippen molar-refractivity contribution in [3.63, 3.8) is 0 Å². The predicted octanol–water partition coefficient (Wildman–Crippen LogP) is 1.63. The molecule has 0 aliphatic heterocycles. The third kappa shape index (κ3) is 5.37. The molecule has 0 aromatic rings. The molecule has 1 unspecified atom stereocenters. The smallest absolute Gasteiger partial charge is 0.335 e. The first-order valence-electron chi connectivity index (χ1n) is 4.32. The van der Waals surface area contributed by atoms with E-state index in [1.54, 1.807) is 13.8 Å². The molecule has 0 amide bonds. The van der Waals surface area contributed by atoms with Crippen molar-refractivity contribution < 1.29 is 19.0 Å². The van der Waals surface area contributed by atoms with Gasteiger partial charge in [-0.3, -0.25) is 0 Å². The van der Waals surface area contributed by atoms with Crippen molar-refractivity contribution in [2.75, 3.05) is 13.2 Å². The zero-order chi connectivity index (χ0) is 11.0. The first-order chi connectivity index (χ1) is 6.61. The molecule has 0 N–H and O–H groups in total. The summed E-state index contributed by atoms with van der Waals surface area (Å²) in [6.07, 6.45) is 0.558. The van der Waals surface area contributed by atoms with E-state index in [9.17, 15) is 4.79 Å². The largest absolute Gasteiger partial charge is 0.495 e. The summed E-state index contributed by atoms with van der Waals surface area (Å²) < 4.78 is 14.9. The van der Waals surface area contributed by atoms with Crippen LogP contribution in [0.15, 0.2) is 25.0 Å². The lowest BCUT2D eigenvalue weighted by molar-refractivity contribution is -0.181. The lowest BCUT2D eigenvalue weighted by Gasteiger charge is -2.16. The average molecular weight is 200 g/mol. The van der Waals surface area contributed by atoms with Crippen LogP contribution in [-0.2, 0) is 19.0 Å². The van der Waals surface area contributed by atoms with Gasteiger partial charge in [0.2, 0.25) is 6.29 Å². The van der Waals surface area contributed by atoms with Crippen LogP contribution in [0.2, 0.25) is 0 Å². The lowest BCUT2D eigenvalue weighted by Crippen LogP contribution is -2.26. The van der Waals surface area contributed by atoms with Gasteiger partial charge in [-0.2, -0.15) is 0 Å². The molecule has 0 aromatic heterocycles. The number of carbonyl (C=O) groups is 1. The predicted molar refractivity (Wildman–Crippen MR) is 52.5 cm³/mol. The van der Waals surface area contributed by atoms with E-state index >= 15 is 0 Å². The quantitative estimate of drug-likeness (QED) is 0.271. The summed E-state index contributed by atoms with van der Waals surface area (Å²) in [7, 11) is 0. The van der Waals surface area contributed by atoms with Crippen molar-refractivity contribution in [3.05, 3.63) is 25.0 Å². The monoisotopic (exact) mass is 200 g/mol. The van der Waals surface area contributed by atoms with Crippen molar-refractivity contribution >= 4 is 5.97 Å². The summed E-state index contributed by atoms with van der Waals surface area (Å²) in [5.41, 5.74) is 0.327. The Bertz CT molecular complexity index is 210. The zero-order valence-corrected chi connectivity index (χ0v) is 8.62. The molecule has 0 saturated carbocycles. The van der Waals surface area contributed by atoms with Gasteiger partial charge >= 0.3 is 5.97 Å². The number of carbonyl (C=O) groups excluding carboxylic acids is 1. The highest BCUT2D eigenvalue weighted by Crippen LogP contribution is 2.01. The third-order valence-electron chi connectivity index (χ3n) is 1.29. The summed E-state index contributed by atoms with van der Waals surface area (Å²) in [5.74, 6) is -0.490. The minimum absolute atomic E-state index is 0.135. The van der Waals surface area contributed by atoms with Crippen LogP contribution in [-0.4, -0.2) is 25.5 Å². The first-order valence-corrected chi connectivity index (χ1v) is 4.32. The van der Waals surface area contributed by atoms with Crippen LogP contribution in [0.1, 0.15) is 13.8 Å². The van der Waals surface area contributed by atoms with E-state index in [1.165, 1.54) is 6.26 Å². The Kier molecular flexibility index (Phi) is 6.49. The van der Waals surface area contributed by atoms with Gasteiger partial charge in [0.15, 0.2) is 0 Å². The van der Waals surface area contributed by atoms with Gasteiger partial charge in [0.25, 0.3) is 0 Å². The average Bonchev–Trinajstić information content (AvgIpc) is 2.14. The number of hydrogen-bond acceptors (Lipinski definition) is 4. The SMILES string of the molecule is C=COCC(OCC)OC(=O)C(=C)C. The normalized spacial score (nSPS) is 11.6. The minimum Gasteiger partial charge on any atom is -0.495 e. The first kappa shape index (κ1) is 12.7. The van der Waals surface area contributed by atoms with Crippen molar-refractivity contribution in [1.29, 1.82) is 0 Å². The maximum Gasteiger partial charge on any atom is 0.335 e. The van der Waals surface area contributed by atoms with Gasteiger partial charge in [-0.15, -0.1) is 0 Å². The van der Waals surface area contributed by atoms with Gasteiger partial charge in [0.1, 0.15) is 6.61 Å². The van der Waals surface area contributed by atoms with E-state index < -0.39 is 12.3 Å². The Morgan fingerprint density at radius 1 is 1.57 bits per heavy atom. The van der Waals surface area contributed by atoms with Crippen LogP contribution in [0, 0.1) is 0 Å². The molecule has 0 fully saturated rings. The molecular formula is C10H16O4. The number of hydrogen-bond donors (Lipinski definition) is 0. The Labute approximate surface area is 84.1 Å². The molecule has 0 radical (unpaired) electrons. The van der Waals surface area contributed by atoms with E-state index in [4.69, 9.17) is 14.2 Å². The van der Waals surface area contributed by atoms with E-state index in [0.717, 1.165) is 0 Å². The van der Waals surface area contributed by atoms with E-state index in [-0.39, 0.29) is 6.61 Å². The fourth-order valence-electron chi connectivity index (χ4n) is 0.669. The molecule has 0 bridgehead atoms. The Balaban J connectivity index is 4.00. The molecule has 0 rings (SSSR count). The molecule has 0 saturated heterocycles. The highest BCUT2D eigenvalue weighted by atomic mass is 16.7. The summed E-state index contributed by atoms with van der Waals surface area (Å²) in [6.45, 7) is 10.8. The second kappa shape index (κ2) is 7.15. The summed E-state index contributed by atoms with van der Waals surface area (Å²) in [4.78, 5) is 11.1. The topological polar surface area (TPSA) is 44.8 Å². The van der Waals surface area contributed by atoms with E-state index in [0.29, 0.717) is 12.2 Å². The molecule has 80 valence electrons. The highest BCUT2D eigenvalue weighted by molar-refractivity contribution is 5.87. The van der Waals surface area contributed by atoms with Crippen LogP contribution in [0.4, 0.5) is 0 Å². The van der Waals surface area contributed by atoms with Gasteiger partial charge in [0, 0.05) is 12.2 Å². The Morgan fingerprint density at radius 3 is 2.64 bits per heavy atom. The van der Waals surface area contributed by atoms with Gasteiger partial charge in [-0.05, 0) is 13.8 Å². The van der Waals surface area contributed by atoms with E-state index in [2.05, 4.69) is 13.2 Å². The van der Waals surface area contributed by atoms with Gasteiger partial charge < -0.3 is 14.2 Å². The second-order valence-corrected chi connectivity index (χ2v) is 2.57. The van der Waals surface area contributed by atoms with Crippen LogP contribution in [0.3, 0.4) is 0 Å². The molecule has 1 atom stereocenters. The minimum atomic E-state index is -0.706. The number of rotatable bonds is 7. The van der Waals surface area contributed by atoms with Crippen molar-refractivity contribution in [2.45, 2.75) is 20.1 Å². The van der Waals surface area contributed by atoms with Gasteiger partial charge in [-0.25, -0.2) is 4.79 Å². The summed E-state index contributed by atoms with van der Waals surface area (Å²) in [5, 5.41) is 0. The molecule has 0 aliphatic rings. The Morgan fingerprint density at radius 2 is 2.21 bits per heavy atom. The molecule has 0 aromatic carbocycles. The lowest BCUT2D eigenvalue weighted by atomic mass is 10.4. The van der Waals surface area contributed by atoms with Crippen molar-refractivity contribution in [1.82, 2.24) is 0 Å². The maximum atomic E-state index is 11.1. The molecule has 4 heteroatoms. The second-order valence-electron chi connectivity index (χ2n) is 2.57. The fourth-order valence-corrected chi connectivity index (χ4v) is 0.669. The number of ether oxygens (including phenoxy) is 3. The third-order valence-corrected chi connectivity index (χ3v) is 1.29. The van der Waals surface area contributed by atoms with E-state index in [1.807, 2.05) is 0 Å². The molecule has 0 spiro atoms. The van der Waals surface area contributed by atoms with Gasteiger partial charge in [0.05, 0.1) is 6.26 Å². The van der Waals surface area contributed by atoms with Crippen LogP contribution in [0.25, 0.3) is 0 Å². The Hall–Kier alpha value is -1.29. The summed E-state index contributed by atoms with van der Waals surface area (Å²) >= 11 is 0. The molecular weight excluding hydrogens is 184 g/mol. The van der Waals surface area contributed by atoms with Crippen LogP contribution < -0.4 is 0 Å². The molecule has 14 heavy (non-hydrogen) atoms. The van der Waals surface area contributed by atoms with Crippen molar-refractivity contribution in [2.24, 2.45) is 0 Å². The van der Waals surface area contributed by atoms with Crippen LogP contribution >= 0.6 is 0 Å². The standard InChI is InChI=1S/C10H16O4/c1-5-12-7-9(13-6-2)14-10(11)8(3)4/h5,9H,1,3,6-7H2,2,4H3. The zero-order valence-electron chi connectivity index (χ0n) is 8.62. The number of esters is 1. The fraction of sp³-hybridized carbons (Fsp3) is 0.500. The van der Waals surface area contributed by atoms with Crippen LogP contribution in [0.5, 0.6) is 0 Å². The molecule has 0 heterocycles.